The average molecular weight is 556 g/mol. The molecule has 1 aliphatic carbocycles. The minimum Gasteiger partial charge on any atom is -0.493 e. The van der Waals surface area contributed by atoms with Gasteiger partial charge in [0.15, 0.2) is 0 Å². The van der Waals surface area contributed by atoms with E-state index in [2.05, 4.69) is 0 Å². The van der Waals surface area contributed by atoms with Gasteiger partial charge >= 0.3 is 6.18 Å². The maximum atomic E-state index is 14.7. The standard InChI is InChI=1S/C23H30ClF4N3O4S/c1-36(33,34)29-22(32)17-10-16(15-2-3-15)21(11-20(17)25)35-13-14-4-7-30(8-5-14)31-9-6-19(24)18(12-31)23(26,27)28/h10-11,14-15,18-19H,2-9,12-13H2,1H3,(H,29,32). The van der Waals surface area contributed by atoms with Gasteiger partial charge in [-0.3, -0.25) is 4.79 Å². The summed E-state index contributed by atoms with van der Waals surface area (Å²) in [6.07, 6.45) is -0.0603. The Balaban J connectivity index is 1.34. The predicted octanol–water partition coefficient (Wildman–Crippen LogP) is 3.89. The highest BCUT2D eigenvalue weighted by Crippen LogP contribution is 2.45. The van der Waals surface area contributed by atoms with Crippen molar-refractivity contribution in [2.75, 3.05) is 39.0 Å². The van der Waals surface area contributed by atoms with Crippen molar-refractivity contribution in [2.24, 2.45) is 11.8 Å². The van der Waals surface area contributed by atoms with Crippen molar-refractivity contribution >= 4 is 27.5 Å². The van der Waals surface area contributed by atoms with Crippen LogP contribution in [0.15, 0.2) is 12.1 Å². The molecule has 2 aliphatic heterocycles. The van der Waals surface area contributed by atoms with Gasteiger partial charge in [-0.05, 0) is 55.6 Å². The Morgan fingerprint density at radius 3 is 2.33 bits per heavy atom. The van der Waals surface area contributed by atoms with E-state index >= 15 is 0 Å². The molecule has 1 N–H and O–H groups in total. The van der Waals surface area contributed by atoms with Crippen molar-refractivity contribution in [2.45, 2.75) is 49.6 Å². The summed E-state index contributed by atoms with van der Waals surface area (Å²) in [5.41, 5.74) is 0.329. The van der Waals surface area contributed by atoms with Gasteiger partial charge in [-0.2, -0.15) is 13.2 Å². The third-order valence-electron chi connectivity index (χ3n) is 7.03. The van der Waals surface area contributed by atoms with Crippen LogP contribution in [0.25, 0.3) is 0 Å². The van der Waals surface area contributed by atoms with Gasteiger partial charge in [-0.25, -0.2) is 27.5 Å². The molecular weight excluding hydrogens is 526 g/mol. The zero-order chi connectivity index (χ0) is 26.3. The number of alkyl halides is 4. The number of benzene rings is 1. The molecule has 1 aromatic carbocycles. The van der Waals surface area contributed by atoms with Gasteiger partial charge in [0.25, 0.3) is 5.91 Å². The maximum Gasteiger partial charge on any atom is 0.394 e. The van der Waals surface area contributed by atoms with Crippen LogP contribution in [-0.2, 0) is 10.0 Å². The number of amides is 1. The maximum absolute atomic E-state index is 14.7. The SMILES string of the molecule is CS(=O)(=O)NC(=O)c1cc(C2CC2)c(OCC2CCN(N3CCC(Cl)C(C(F)(F)F)C3)CC2)cc1F. The first kappa shape index (κ1) is 27.4. The fraction of sp³-hybridized carbons (Fsp3) is 0.696. The summed E-state index contributed by atoms with van der Waals surface area (Å²) >= 11 is 5.94. The van der Waals surface area contributed by atoms with Crippen LogP contribution in [0.2, 0.25) is 0 Å². The summed E-state index contributed by atoms with van der Waals surface area (Å²) in [5.74, 6) is -2.83. The second-order valence-electron chi connectivity index (χ2n) is 9.92. The van der Waals surface area contributed by atoms with Crippen LogP contribution in [0.1, 0.15) is 53.9 Å². The molecule has 1 saturated carbocycles. The van der Waals surface area contributed by atoms with Crippen LogP contribution >= 0.6 is 11.6 Å². The van der Waals surface area contributed by atoms with E-state index in [0.717, 1.165) is 25.2 Å². The molecular formula is C23H30ClF4N3O4S. The first-order valence-corrected chi connectivity index (χ1v) is 14.3. The fourth-order valence-electron chi connectivity index (χ4n) is 4.86. The van der Waals surface area contributed by atoms with Gasteiger partial charge in [-0.1, -0.05) is 0 Å². The Morgan fingerprint density at radius 2 is 1.75 bits per heavy atom. The molecule has 0 radical (unpaired) electrons. The van der Waals surface area contributed by atoms with E-state index in [1.54, 1.807) is 9.73 Å². The van der Waals surface area contributed by atoms with E-state index in [1.165, 1.54) is 6.07 Å². The fourth-order valence-corrected chi connectivity index (χ4v) is 5.62. The highest BCUT2D eigenvalue weighted by atomic mass is 35.5. The van der Waals surface area contributed by atoms with Crippen molar-refractivity contribution in [3.8, 4) is 5.75 Å². The topological polar surface area (TPSA) is 78.9 Å². The first-order valence-electron chi connectivity index (χ1n) is 12.0. The normalized spacial score (nSPS) is 25.1. The largest absolute Gasteiger partial charge is 0.493 e. The van der Waals surface area contributed by atoms with Gasteiger partial charge in [0.05, 0.1) is 24.3 Å². The van der Waals surface area contributed by atoms with Crippen LogP contribution in [-0.4, -0.2) is 74.9 Å². The summed E-state index contributed by atoms with van der Waals surface area (Å²) in [7, 11) is -3.83. The molecule has 36 heavy (non-hydrogen) atoms. The summed E-state index contributed by atoms with van der Waals surface area (Å²) < 4.78 is 85.0. The molecule has 202 valence electrons. The quantitative estimate of drug-likeness (QED) is 0.406. The molecule has 3 aliphatic rings. The molecule has 4 rings (SSSR count). The number of nitrogens with one attached hydrogen (secondary N) is 1. The lowest BCUT2D eigenvalue weighted by atomic mass is 9.96. The molecule has 7 nitrogen and oxygen atoms in total. The second kappa shape index (κ2) is 10.6. The first-order chi connectivity index (χ1) is 16.8. The minimum absolute atomic E-state index is 0.124. The lowest BCUT2D eigenvalue weighted by Gasteiger charge is -2.45. The molecule has 2 unspecified atom stereocenters. The van der Waals surface area contributed by atoms with Crippen LogP contribution in [0.5, 0.6) is 5.75 Å². The van der Waals surface area contributed by atoms with Crippen molar-refractivity contribution in [1.29, 1.82) is 0 Å². The van der Waals surface area contributed by atoms with Gasteiger partial charge in [0.2, 0.25) is 10.0 Å². The summed E-state index contributed by atoms with van der Waals surface area (Å²) in [4.78, 5) is 12.2. The summed E-state index contributed by atoms with van der Waals surface area (Å²) in [6, 6.07) is 2.50. The van der Waals surface area contributed by atoms with Gasteiger partial charge in [0, 0.05) is 37.6 Å². The minimum atomic E-state index is -4.33. The van der Waals surface area contributed by atoms with Crippen molar-refractivity contribution in [3.05, 3.63) is 29.1 Å². The monoisotopic (exact) mass is 555 g/mol. The molecule has 2 heterocycles. The van der Waals surface area contributed by atoms with Gasteiger partial charge in [-0.15, -0.1) is 11.6 Å². The molecule has 0 spiro atoms. The van der Waals surface area contributed by atoms with Crippen LogP contribution in [0.3, 0.4) is 0 Å². The number of hydrogen-bond donors (Lipinski definition) is 1. The number of nitrogens with zero attached hydrogens (tertiary/aromatic N) is 2. The lowest BCUT2D eigenvalue weighted by molar-refractivity contribution is -0.202. The molecule has 0 aromatic heterocycles. The molecule has 1 aromatic rings. The Kier molecular flexibility index (Phi) is 8.09. The number of piperidine rings is 2. The number of halogens is 5. The third kappa shape index (κ3) is 6.81. The lowest BCUT2D eigenvalue weighted by Crippen LogP contribution is -2.56. The Hall–Kier alpha value is -1.63. The van der Waals surface area contributed by atoms with E-state index < -0.39 is 39.2 Å². The Morgan fingerprint density at radius 1 is 1.11 bits per heavy atom. The zero-order valence-electron chi connectivity index (χ0n) is 19.9. The smallest absolute Gasteiger partial charge is 0.394 e. The molecule has 3 fully saturated rings. The number of hydrogen-bond acceptors (Lipinski definition) is 6. The van der Waals surface area contributed by atoms with Gasteiger partial charge in [0.1, 0.15) is 11.6 Å². The summed E-state index contributed by atoms with van der Waals surface area (Å²) in [5, 5.41) is 2.81. The Labute approximate surface area is 213 Å². The second-order valence-corrected chi connectivity index (χ2v) is 12.2. The highest BCUT2D eigenvalue weighted by Gasteiger charge is 2.47. The predicted molar refractivity (Wildman–Crippen MR) is 126 cm³/mol. The third-order valence-corrected chi connectivity index (χ3v) is 8.11. The number of carbonyl (C=O) groups is 1. The molecule has 2 atom stereocenters. The molecule has 1 amide bonds. The van der Waals surface area contributed by atoms with Crippen molar-refractivity contribution in [3.63, 3.8) is 0 Å². The number of hydrazine groups is 1. The van der Waals surface area contributed by atoms with Gasteiger partial charge < -0.3 is 4.74 Å². The molecule has 13 heteroatoms. The van der Waals surface area contributed by atoms with E-state index in [9.17, 15) is 30.8 Å². The molecule has 0 bridgehead atoms. The van der Waals surface area contributed by atoms with E-state index in [-0.39, 0.29) is 30.4 Å². The summed E-state index contributed by atoms with van der Waals surface area (Å²) in [6.45, 7) is 1.87. The van der Waals surface area contributed by atoms with E-state index in [1.807, 2.05) is 5.01 Å². The highest BCUT2D eigenvalue weighted by molar-refractivity contribution is 7.89. The zero-order valence-corrected chi connectivity index (χ0v) is 21.4. The number of ether oxygens (including phenoxy) is 1. The van der Waals surface area contributed by atoms with Crippen molar-refractivity contribution < 1.29 is 35.5 Å². The number of rotatable bonds is 7. The van der Waals surface area contributed by atoms with Crippen molar-refractivity contribution in [1.82, 2.24) is 14.7 Å². The van der Waals surface area contributed by atoms with Crippen LogP contribution in [0.4, 0.5) is 17.6 Å². The Bertz CT molecular complexity index is 1080. The van der Waals surface area contributed by atoms with Crippen LogP contribution < -0.4 is 9.46 Å². The van der Waals surface area contributed by atoms with Crippen LogP contribution in [0, 0.1) is 17.7 Å². The average Bonchev–Trinajstić information content (AvgIpc) is 3.62. The number of sulfonamides is 1. The van der Waals surface area contributed by atoms with E-state index in [0.29, 0.717) is 50.4 Å². The number of carbonyl (C=O) groups excluding carboxylic acids is 1. The van der Waals surface area contributed by atoms with E-state index in [4.69, 9.17) is 16.3 Å². The molecule has 2 saturated heterocycles.